The first-order valence-electron chi connectivity index (χ1n) is 6.60. The highest BCUT2D eigenvalue weighted by atomic mass is 79.9. The minimum Gasteiger partial charge on any atom is -0.497 e. The van der Waals surface area contributed by atoms with Gasteiger partial charge in [0.25, 0.3) is 10.0 Å². The van der Waals surface area contributed by atoms with Crippen molar-refractivity contribution in [2.24, 2.45) is 0 Å². The fourth-order valence-electron chi connectivity index (χ4n) is 2.03. The Labute approximate surface area is 153 Å². The fourth-order valence-corrected chi connectivity index (χ4v) is 4.47. The molecule has 0 aliphatic rings. The van der Waals surface area contributed by atoms with E-state index in [4.69, 9.17) is 25.8 Å². The number of nitrogens with one attached hydrogen (secondary N) is 1. The molecule has 0 amide bonds. The maximum Gasteiger partial charge on any atom is 0.265 e. The quantitative estimate of drug-likeness (QED) is 0.743. The van der Waals surface area contributed by atoms with E-state index in [9.17, 15) is 8.42 Å². The minimum absolute atomic E-state index is 0.103. The predicted molar refractivity (Wildman–Crippen MR) is 96.1 cm³/mol. The zero-order chi connectivity index (χ0) is 17.9. The SMILES string of the molecule is COc1ccc(OC)c(NS(=O)(=O)c2cc(Cl)cc(Br)c2OC)c1. The molecule has 1 N–H and O–H groups in total. The second-order valence-electron chi connectivity index (χ2n) is 4.59. The summed E-state index contributed by atoms with van der Waals surface area (Å²) in [7, 11) is 0.314. The zero-order valence-electron chi connectivity index (χ0n) is 13.1. The Morgan fingerprint density at radius 1 is 1.04 bits per heavy atom. The number of benzene rings is 2. The Hall–Kier alpha value is -1.64. The molecule has 6 nitrogen and oxygen atoms in total. The molecule has 0 fully saturated rings. The van der Waals surface area contributed by atoms with Crippen molar-refractivity contribution in [3.63, 3.8) is 0 Å². The summed E-state index contributed by atoms with van der Waals surface area (Å²) in [4.78, 5) is -0.103. The molecule has 2 aromatic rings. The van der Waals surface area contributed by atoms with Gasteiger partial charge in [-0.05, 0) is 40.2 Å². The van der Waals surface area contributed by atoms with Gasteiger partial charge in [0, 0.05) is 11.1 Å². The van der Waals surface area contributed by atoms with Crippen LogP contribution in [0.5, 0.6) is 17.2 Å². The first-order chi connectivity index (χ1) is 11.3. The first kappa shape index (κ1) is 18.7. The average molecular weight is 437 g/mol. The lowest BCUT2D eigenvalue weighted by atomic mass is 10.3. The number of sulfonamides is 1. The summed E-state index contributed by atoms with van der Waals surface area (Å²) in [6, 6.07) is 7.63. The maximum absolute atomic E-state index is 12.8. The monoisotopic (exact) mass is 435 g/mol. The largest absolute Gasteiger partial charge is 0.497 e. The van der Waals surface area contributed by atoms with E-state index in [1.165, 1.54) is 33.5 Å². The molecule has 2 rings (SSSR count). The summed E-state index contributed by atoms with van der Waals surface area (Å²) < 4.78 is 43.9. The minimum atomic E-state index is -3.98. The van der Waals surface area contributed by atoms with E-state index in [1.807, 2.05) is 0 Å². The average Bonchev–Trinajstić information content (AvgIpc) is 2.53. The number of methoxy groups -OCH3 is 3. The smallest absolute Gasteiger partial charge is 0.265 e. The Morgan fingerprint density at radius 3 is 2.33 bits per heavy atom. The van der Waals surface area contributed by atoms with E-state index in [0.717, 1.165) is 0 Å². The van der Waals surface area contributed by atoms with Crippen LogP contribution in [0, 0.1) is 0 Å². The van der Waals surface area contributed by atoms with Gasteiger partial charge in [0.2, 0.25) is 0 Å². The second-order valence-corrected chi connectivity index (χ2v) is 7.53. The van der Waals surface area contributed by atoms with Crippen LogP contribution in [0.15, 0.2) is 39.7 Å². The van der Waals surface area contributed by atoms with Crippen molar-refractivity contribution in [1.82, 2.24) is 0 Å². The topological polar surface area (TPSA) is 73.9 Å². The van der Waals surface area contributed by atoms with E-state index < -0.39 is 10.0 Å². The van der Waals surface area contributed by atoms with E-state index in [2.05, 4.69) is 20.7 Å². The molecule has 0 saturated carbocycles. The molecule has 0 saturated heterocycles. The van der Waals surface area contributed by atoms with Gasteiger partial charge in [0.05, 0.1) is 31.5 Å². The van der Waals surface area contributed by atoms with Gasteiger partial charge in [-0.25, -0.2) is 8.42 Å². The highest BCUT2D eigenvalue weighted by Crippen LogP contribution is 2.37. The molecule has 0 radical (unpaired) electrons. The van der Waals surface area contributed by atoms with Crippen LogP contribution in [0.2, 0.25) is 5.02 Å². The van der Waals surface area contributed by atoms with Crippen LogP contribution in [0.3, 0.4) is 0 Å². The molecule has 0 aliphatic heterocycles. The fraction of sp³-hybridized carbons (Fsp3) is 0.200. The Bertz CT molecular complexity index is 857. The normalized spacial score (nSPS) is 11.0. The van der Waals surface area contributed by atoms with E-state index in [0.29, 0.717) is 16.0 Å². The van der Waals surface area contributed by atoms with Gasteiger partial charge in [-0.15, -0.1) is 0 Å². The molecule has 0 bridgehead atoms. The van der Waals surface area contributed by atoms with E-state index in [1.54, 1.807) is 18.2 Å². The molecule has 0 unspecified atom stereocenters. The van der Waals surface area contributed by atoms with E-state index >= 15 is 0 Å². The van der Waals surface area contributed by atoms with Crippen molar-refractivity contribution in [3.8, 4) is 17.2 Å². The van der Waals surface area contributed by atoms with Gasteiger partial charge in [0.15, 0.2) is 5.75 Å². The van der Waals surface area contributed by atoms with Gasteiger partial charge >= 0.3 is 0 Å². The summed E-state index contributed by atoms with van der Waals surface area (Å²) in [5.41, 5.74) is 0.231. The van der Waals surface area contributed by atoms with Gasteiger partial charge in [-0.1, -0.05) is 11.6 Å². The van der Waals surface area contributed by atoms with Crippen LogP contribution < -0.4 is 18.9 Å². The molecular weight excluding hydrogens is 422 g/mol. The highest BCUT2D eigenvalue weighted by Gasteiger charge is 2.24. The third kappa shape index (κ3) is 3.88. The van der Waals surface area contributed by atoms with Crippen molar-refractivity contribution in [1.29, 1.82) is 0 Å². The van der Waals surface area contributed by atoms with Crippen molar-refractivity contribution < 1.29 is 22.6 Å². The molecule has 24 heavy (non-hydrogen) atoms. The number of hydrogen-bond acceptors (Lipinski definition) is 5. The van der Waals surface area contributed by atoms with Gasteiger partial charge in [-0.3, -0.25) is 4.72 Å². The third-order valence-electron chi connectivity index (χ3n) is 3.12. The molecule has 9 heteroatoms. The molecular formula is C15H15BrClNO5S. The second kappa shape index (κ2) is 7.50. The van der Waals surface area contributed by atoms with Crippen LogP contribution in [0.1, 0.15) is 0 Å². The van der Waals surface area contributed by atoms with Crippen molar-refractivity contribution >= 4 is 43.2 Å². The van der Waals surface area contributed by atoms with Gasteiger partial charge in [0.1, 0.15) is 16.4 Å². The molecule has 0 heterocycles. The van der Waals surface area contributed by atoms with Crippen LogP contribution in [-0.2, 0) is 10.0 Å². The van der Waals surface area contributed by atoms with E-state index in [-0.39, 0.29) is 21.4 Å². The molecule has 130 valence electrons. The Balaban J connectivity index is 2.54. The summed E-state index contributed by atoms with van der Waals surface area (Å²) >= 11 is 9.21. The standard InChI is InChI=1S/C15H15BrClNO5S/c1-21-10-4-5-13(22-2)12(8-10)18-24(19,20)14-7-9(17)6-11(16)15(14)23-3/h4-8,18H,1-3H3. The van der Waals surface area contributed by atoms with Gasteiger partial charge < -0.3 is 14.2 Å². The van der Waals surface area contributed by atoms with Crippen LogP contribution in [0.25, 0.3) is 0 Å². The van der Waals surface area contributed by atoms with Gasteiger partial charge in [-0.2, -0.15) is 0 Å². The molecule has 0 atom stereocenters. The number of hydrogen-bond donors (Lipinski definition) is 1. The maximum atomic E-state index is 12.8. The summed E-state index contributed by atoms with van der Waals surface area (Å²) in [5, 5.41) is 0.251. The van der Waals surface area contributed by atoms with Crippen molar-refractivity contribution in [2.45, 2.75) is 4.90 Å². The van der Waals surface area contributed by atoms with Crippen LogP contribution >= 0.6 is 27.5 Å². The molecule has 0 aromatic heterocycles. The molecule has 0 aliphatic carbocycles. The lowest BCUT2D eigenvalue weighted by Gasteiger charge is -2.15. The summed E-state index contributed by atoms with van der Waals surface area (Å²) in [5.74, 6) is 0.973. The summed E-state index contributed by atoms with van der Waals surface area (Å²) in [6.07, 6.45) is 0. The Morgan fingerprint density at radius 2 is 1.75 bits per heavy atom. The predicted octanol–water partition coefficient (Wildman–Crippen LogP) is 3.93. The number of halogens is 2. The molecule has 0 spiro atoms. The Kier molecular flexibility index (Phi) is 5.84. The van der Waals surface area contributed by atoms with Crippen LogP contribution in [0.4, 0.5) is 5.69 Å². The first-order valence-corrected chi connectivity index (χ1v) is 9.25. The number of rotatable bonds is 6. The summed E-state index contributed by atoms with van der Waals surface area (Å²) in [6.45, 7) is 0. The highest BCUT2D eigenvalue weighted by molar-refractivity contribution is 9.10. The van der Waals surface area contributed by atoms with Crippen molar-refractivity contribution in [3.05, 3.63) is 39.8 Å². The zero-order valence-corrected chi connectivity index (χ0v) is 16.3. The van der Waals surface area contributed by atoms with Crippen LogP contribution in [-0.4, -0.2) is 29.7 Å². The lowest BCUT2D eigenvalue weighted by molar-refractivity contribution is 0.400. The third-order valence-corrected chi connectivity index (χ3v) is 5.30. The lowest BCUT2D eigenvalue weighted by Crippen LogP contribution is -2.15. The van der Waals surface area contributed by atoms with Crippen molar-refractivity contribution in [2.75, 3.05) is 26.1 Å². The number of ether oxygens (including phenoxy) is 3. The number of anilines is 1. The molecule has 2 aromatic carbocycles.